The molecule has 1 amide bonds. The molecule has 0 aromatic rings. The highest BCUT2D eigenvalue weighted by molar-refractivity contribution is 5.81. The van der Waals surface area contributed by atoms with Gasteiger partial charge in [-0.3, -0.25) is 4.79 Å². The molecule has 4 nitrogen and oxygen atoms in total. The van der Waals surface area contributed by atoms with Gasteiger partial charge < -0.3 is 15.8 Å². The molecule has 2 atom stereocenters. The van der Waals surface area contributed by atoms with Crippen molar-refractivity contribution in [2.75, 3.05) is 13.2 Å². The molecule has 0 spiro atoms. The molecule has 82 valence electrons. The molecule has 0 aromatic carbocycles. The summed E-state index contributed by atoms with van der Waals surface area (Å²) in [5.41, 5.74) is 5.57. The van der Waals surface area contributed by atoms with E-state index >= 15 is 0 Å². The Kier molecular flexibility index (Phi) is 4.35. The third-order valence-corrected chi connectivity index (χ3v) is 2.61. The van der Waals surface area contributed by atoms with Crippen molar-refractivity contribution in [1.82, 2.24) is 5.32 Å². The summed E-state index contributed by atoms with van der Waals surface area (Å²) in [7, 11) is 0. The average molecular weight is 200 g/mol. The van der Waals surface area contributed by atoms with Crippen LogP contribution < -0.4 is 11.1 Å². The topological polar surface area (TPSA) is 64.3 Å². The van der Waals surface area contributed by atoms with E-state index in [4.69, 9.17) is 10.5 Å². The first-order valence-corrected chi connectivity index (χ1v) is 5.27. The summed E-state index contributed by atoms with van der Waals surface area (Å²) in [5.74, 6) is 0.358. The van der Waals surface area contributed by atoms with Crippen LogP contribution >= 0.6 is 0 Å². The molecule has 14 heavy (non-hydrogen) atoms. The van der Waals surface area contributed by atoms with Gasteiger partial charge in [0.25, 0.3) is 0 Å². The Morgan fingerprint density at radius 3 is 2.79 bits per heavy atom. The van der Waals surface area contributed by atoms with Crippen LogP contribution in [-0.2, 0) is 9.53 Å². The Bertz CT molecular complexity index is 189. The summed E-state index contributed by atoms with van der Waals surface area (Å²) in [6.45, 7) is 5.28. The van der Waals surface area contributed by atoms with Crippen molar-refractivity contribution in [1.29, 1.82) is 0 Å². The van der Waals surface area contributed by atoms with Crippen LogP contribution in [0.4, 0.5) is 0 Å². The second kappa shape index (κ2) is 5.32. The van der Waals surface area contributed by atoms with E-state index in [2.05, 4.69) is 5.32 Å². The fourth-order valence-electron chi connectivity index (χ4n) is 1.56. The van der Waals surface area contributed by atoms with Crippen molar-refractivity contribution in [2.24, 2.45) is 11.7 Å². The molecule has 1 aliphatic heterocycles. The highest BCUT2D eigenvalue weighted by Crippen LogP contribution is 2.12. The largest absolute Gasteiger partial charge is 0.368 e. The number of nitrogens with one attached hydrogen (secondary N) is 1. The monoisotopic (exact) mass is 200 g/mol. The number of hydrogen-bond donors (Lipinski definition) is 2. The maximum atomic E-state index is 11.6. The molecule has 4 heteroatoms. The third-order valence-electron chi connectivity index (χ3n) is 2.61. The van der Waals surface area contributed by atoms with Crippen LogP contribution in [-0.4, -0.2) is 31.2 Å². The van der Waals surface area contributed by atoms with E-state index in [0.29, 0.717) is 19.1 Å². The van der Waals surface area contributed by atoms with Gasteiger partial charge in [0.05, 0.1) is 0 Å². The molecular formula is C10H20N2O2. The van der Waals surface area contributed by atoms with Crippen molar-refractivity contribution in [3.8, 4) is 0 Å². The fraction of sp³-hybridized carbons (Fsp3) is 0.900. The molecule has 0 aliphatic carbocycles. The van der Waals surface area contributed by atoms with Gasteiger partial charge in [0.2, 0.25) is 5.91 Å². The molecule has 1 aliphatic rings. The fourth-order valence-corrected chi connectivity index (χ4v) is 1.56. The maximum absolute atomic E-state index is 11.6. The van der Waals surface area contributed by atoms with Gasteiger partial charge in [-0.15, -0.1) is 0 Å². The number of amides is 1. The summed E-state index contributed by atoms with van der Waals surface area (Å²) in [6.07, 6.45) is 1.57. The van der Waals surface area contributed by atoms with Gasteiger partial charge in [-0.25, -0.2) is 0 Å². The average Bonchev–Trinajstić information content (AvgIpc) is 2.65. The van der Waals surface area contributed by atoms with E-state index in [1.807, 2.05) is 13.8 Å². The summed E-state index contributed by atoms with van der Waals surface area (Å²) >= 11 is 0. The summed E-state index contributed by atoms with van der Waals surface area (Å²) in [6, 6.07) is 0.0618. The minimum Gasteiger partial charge on any atom is -0.368 e. The van der Waals surface area contributed by atoms with E-state index in [9.17, 15) is 4.79 Å². The van der Waals surface area contributed by atoms with Crippen LogP contribution in [0, 0.1) is 5.92 Å². The lowest BCUT2D eigenvalue weighted by molar-refractivity contribution is -0.131. The lowest BCUT2D eigenvalue weighted by atomic mass is 10.0. The van der Waals surface area contributed by atoms with Crippen LogP contribution in [0.5, 0.6) is 0 Å². The number of carbonyl (C=O) groups is 1. The standard InChI is InChI=1S/C10H20N2O2/c1-7(2)8(6-11)12-10(13)9-4-3-5-14-9/h7-9H,3-6,11H2,1-2H3,(H,12,13)/t8?,9-/m1/s1. The van der Waals surface area contributed by atoms with E-state index in [1.165, 1.54) is 0 Å². The first-order valence-electron chi connectivity index (χ1n) is 5.27. The predicted molar refractivity (Wildman–Crippen MR) is 54.8 cm³/mol. The number of carbonyl (C=O) groups excluding carboxylic acids is 1. The van der Waals surface area contributed by atoms with Gasteiger partial charge in [0.1, 0.15) is 6.10 Å². The number of hydrogen-bond acceptors (Lipinski definition) is 3. The van der Waals surface area contributed by atoms with Crippen molar-refractivity contribution in [2.45, 2.75) is 38.8 Å². The minimum absolute atomic E-state index is 0.00773. The van der Waals surface area contributed by atoms with E-state index < -0.39 is 0 Å². The summed E-state index contributed by atoms with van der Waals surface area (Å²) in [4.78, 5) is 11.6. The van der Waals surface area contributed by atoms with E-state index in [-0.39, 0.29) is 18.1 Å². The quantitative estimate of drug-likeness (QED) is 0.684. The van der Waals surface area contributed by atoms with Gasteiger partial charge >= 0.3 is 0 Å². The smallest absolute Gasteiger partial charge is 0.249 e. The van der Waals surface area contributed by atoms with E-state index in [0.717, 1.165) is 12.8 Å². The lowest BCUT2D eigenvalue weighted by Gasteiger charge is -2.22. The number of nitrogens with two attached hydrogens (primary N) is 1. The molecule has 0 bridgehead atoms. The zero-order valence-electron chi connectivity index (χ0n) is 8.95. The number of rotatable bonds is 4. The maximum Gasteiger partial charge on any atom is 0.249 e. The van der Waals surface area contributed by atoms with Gasteiger partial charge in [-0.05, 0) is 18.8 Å². The Hall–Kier alpha value is -0.610. The summed E-state index contributed by atoms with van der Waals surface area (Å²) < 4.78 is 5.29. The molecule has 1 fully saturated rings. The van der Waals surface area contributed by atoms with Gasteiger partial charge in [0.15, 0.2) is 0 Å². The van der Waals surface area contributed by atoms with E-state index in [1.54, 1.807) is 0 Å². The van der Waals surface area contributed by atoms with Crippen LogP contribution in [0.3, 0.4) is 0 Å². The highest BCUT2D eigenvalue weighted by atomic mass is 16.5. The minimum atomic E-state index is -0.247. The zero-order valence-corrected chi connectivity index (χ0v) is 8.95. The van der Waals surface area contributed by atoms with Crippen LogP contribution in [0.2, 0.25) is 0 Å². The zero-order chi connectivity index (χ0) is 10.6. The Balaban J connectivity index is 2.37. The SMILES string of the molecule is CC(C)C(CN)NC(=O)[C@H]1CCCO1. The van der Waals surface area contributed by atoms with Gasteiger partial charge in [-0.1, -0.05) is 13.8 Å². The molecule has 1 heterocycles. The normalized spacial score (nSPS) is 23.9. The van der Waals surface area contributed by atoms with Crippen LogP contribution in [0.15, 0.2) is 0 Å². The molecule has 1 rings (SSSR count). The van der Waals surface area contributed by atoms with Gasteiger partial charge in [0, 0.05) is 19.2 Å². The highest BCUT2D eigenvalue weighted by Gasteiger charge is 2.25. The lowest BCUT2D eigenvalue weighted by Crippen LogP contribution is -2.47. The molecular weight excluding hydrogens is 180 g/mol. The Labute approximate surface area is 85.2 Å². The molecule has 1 unspecified atom stereocenters. The van der Waals surface area contributed by atoms with Crippen molar-refractivity contribution in [3.05, 3.63) is 0 Å². The molecule has 0 radical (unpaired) electrons. The van der Waals surface area contributed by atoms with Crippen molar-refractivity contribution in [3.63, 3.8) is 0 Å². The first-order chi connectivity index (χ1) is 6.65. The molecule has 0 aromatic heterocycles. The predicted octanol–water partition coefficient (Wildman–Crippen LogP) is 0.265. The molecule has 1 saturated heterocycles. The van der Waals surface area contributed by atoms with Crippen LogP contribution in [0.25, 0.3) is 0 Å². The molecule has 3 N–H and O–H groups in total. The number of ether oxygens (including phenoxy) is 1. The third kappa shape index (κ3) is 2.96. The van der Waals surface area contributed by atoms with Crippen molar-refractivity contribution >= 4 is 5.91 Å². The Morgan fingerprint density at radius 2 is 2.36 bits per heavy atom. The van der Waals surface area contributed by atoms with Crippen LogP contribution in [0.1, 0.15) is 26.7 Å². The first kappa shape index (κ1) is 11.5. The van der Waals surface area contributed by atoms with Crippen molar-refractivity contribution < 1.29 is 9.53 Å². The summed E-state index contributed by atoms with van der Waals surface area (Å²) in [5, 5.41) is 2.92. The second-order valence-electron chi connectivity index (χ2n) is 4.10. The van der Waals surface area contributed by atoms with Gasteiger partial charge in [-0.2, -0.15) is 0 Å². The molecule has 0 saturated carbocycles. The Morgan fingerprint density at radius 1 is 1.64 bits per heavy atom. The second-order valence-corrected chi connectivity index (χ2v) is 4.10.